The molecule has 20 heavy (non-hydrogen) atoms. The maximum absolute atomic E-state index is 11.8. The zero-order valence-corrected chi connectivity index (χ0v) is 11.8. The molecule has 1 aliphatic rings. The lowest BCUT2D eigenvalue weighted by Gasteiger charge is -2.17. The van der Waals surface area contributed by atoms with E-state index in [1.54, 1.807) is 0 Å². The summed E-state index contributed by atoms with van der Waals surface area (Å²) >= 11 is 0. The number of rotatable bonds is 3. The number of nitrogens with one attached hydrogen (secondary N) is 1. The van der Waals surface area contributed by atoms with Crippen molar-refractivity contribution < 1.29 is 9.90 Å². The minimum Gasteiger partial charge on any atom is -0.511 e. The lowest BCUT2D eigenvalue weighted by molar-refractivity contribution is -0.116. The molecular weight excluding hydrogens is 256 g/mol. The highest BCUT2D eigenvalue weighted by molar-refractivity contribution is 6.14. The topological polar surface area (TPSA) is 87.5 Å². The van der Waals surface area contributed by atoms with Crippen LogP contribution in [0.15, 0.2) is 22.5 Å². The van der Waals surface area contributed by atoms with Gasteiger partial charge in [0.05, 0.1) is 11.8 Å². The molecule has 0 amide bonds. The molecule has 1 aromatic rings. The number of hydrogen-bond acceptors (Lipinski definition) is 6. The van der Waals surface area contributed by atoms with Gasteiger partial charge in [0.25, 0.3) is 0 Å². The Morgan fingerprint density at radius 1 is 1.35 bits per heavy atom. The lowest BCUT2D eigenvalue weighted by Crippen LogP contribution is -2.18. The number of aromatic nitrogens is 2. The first-order valence-electron chi connectivity index (χ1n) is 6.52. The number of carbonyl (C=O) groups is 1. The molecule has 0 aromatic carbocycles. The molecule has 0 unspecified atom stereocenters. The van der Waals surface area contributed by atoms with Crippen LogP contribution in [0, 0.1) is 19.8 Å². The van der Waals surface area contributed by atoms with Crippen molar-refractivity contribution in [3.05, 3.63) is 28.8 Å². The number of nitrogens with zero attached hydrogens (tertiary/aromatic N) is 3. The minimum absolute atomic E-state index is 0.0897. The van der Waals surface area contributed by atoms with Crippen molar-refractivity contribution in [2.45, 2.75) is 33.6 Å². The number of allylic oxidation sites excluding steroid dienone is 2. The van der Waals surface area contributed by atoms with E-state index in [1.165, 1.54) is 6.21 Å². The number of aliphatic hydroxyl groups excluding tert-OH is 1. The first-order valence-corrected chi connectivity index (χ1v) is 6.52. The normalized spacial score (nSPS) is 19.8. The summed E-state index contributed by atoms with van der Waals surface area (Å²) in [6.45, 7) is 5.66. The summed E-state index contributed by atoms with van der Waals surface area (Å²) in [5.41, 5.74) is 4.61. The number of aliphatic hydroxyl groups is 1. The second-order valence-corrected chi connectivity index (χ2v) is 5.14. The van der Waals surface area contributed by atoms with Gasteiger partial charge in [-0.1, -0.05) is 6.92 Å². The van der Waals surface area contributed by atoms with E-state index < -0.39 is 0 Å². The smallest absolute Gasteiger partial charge is 0.243 e. The average Bonchev–Trinajstić information content (AvgIpc) is 2.31. The molecule has 1 aromatic heterocycles. The zero-order chi connectivity index (χ0) is 14.7. The SMILES string of the molecule is Cc1cc(C)nc(N/N=C/C2=C(O)C[C@H](C)CC2=O)n1. The zero-order valence-electron chi connectivity index (χ0n) is 11.8. The Morgan fingerprint density at radius 2 is 2.00 bits per heavy atom. The van der Waals surface area contributed by atoms with Crippen LogP contribution in [0.3, 0.4) is 0 Å². The summed E-state index contributed by atoms with van der Waals surface area (Å²) < 4.78 is 0. The third-order valence-electron chi connectivity index (χ3n) is 3.03. The number of hydrogen-bond donors (Lipinski definition) is 2. The molecule has 1 heterocycles. The summed E-state index contributed by atoms with van der Waals surface area (Å²) in [5, 5.41) is 13.7. The second kappa shape index (κ2) is 5.81. The highest BCUT2D eigenvalue weighted by Gasteiger charge is 2.23. The standard InChI is InChI=1S/C14H18N4O2/c1-8-4-12(19)11(13(20)5-8)7-15-18-14-16-9(2)6-10(3)17-14/h6-8,19H,4-5H2,1-3H3,(H,16,17,18)/b15-7+/t8-/m0/s1. The highest BCUT2D eigenvalue weighted by Crippen LogP contribution is 2.23. The van der Waals surface area contributed by atoms with Gasteiger partial charge in [-0.2, -0.15) is 5.10 Å². The first kappa shape index (κ1) is 14.2. The van der Waals surface area contributed by atoms with Gasteiger partial charge in [-0.05, 0) is 25.8 Å². The van der Waals surface area contributed by atoms with Crippen LogP contribution in [0.4, 0.5) is 5.95 Å². The Morgan fingerprint density at radius 3 is 2.60 bits per heavy atom. The van der Waals surface area contributed by atoms with Crippen LogP contribution < -0.4 is 5.43 Å². The number of hydrazone groups is 1. The third kappa shape index (κ3) is 3.40. The largest absolute Gasteiger partial charge is 0.511 e. The molecule has 0 fully saturated rings. The molecule has 0 saturated heterocycles. The van der Waals surface area contributed by atoms with Crippen molar-refractivity contribution >= 4 is 17.9 Å². The van der Waals surface area contributed by atoms with Crippen LogP contribution in [0.2, 0.25) is 0 Å². The molecule has 6 heteroatoms. The predicted octanol–water partition coefficient (Wildman–Crippen LogP) is 2.30. The third-order valence-corrected chi connectivity index (χ3v) is 3.03. The van der Waals surface area contributed by atoms with E-state index >= 15 is 0 Å². The number of aryl methyl sites for hydroxylation is 2. The first-order chi connectivity index (χ1) is 9.45. The summed E-state index contributed by atoms with van der Waals surface area (Å²) in [6.07, 6.45) is 2.28. The molecule has 0 bridgehead atoms. The van der Waals surface area contributed by atoms with Gasteiger partial charge in [0, 0.05) is 24.2 Å². The van der Waals surface area contributed by atoms with Crippen LogP contribution in [-0.4, -0.2) is 27.1 Å². The fourth-order valence-corrected chi connectivity index (χ4v) is 2.18. The van der Waals surface area contributed by atoms with Crippen LogP contribution in [0.5, 0.6) is 0 Å². The van der Waals surface area contributed by atoms with Crippen LogP contribution in [0.1, 0.15) is 31.2 Å². The summed E-state index contributed by atoms with van der Waals surface area (Å²) in [5.74, 6) is 0.555. The van der Waals surface area contributed by atoms with Gasteiger partial charge in [0.2, 0.25) is 5.95 Å². The van der Waals surface area contributed by atoms with E-state index in [4.69, 9.17) is 0 Å². The lowest BCUT2D eigenvalue weighted by atomic mass is 9.89. The van der Waals surface area contributed by atoms with E-state index in [1.807, 2.05) is 26.8 Å². The Balaban J connectivity index is 2.10. The molecule has 1 aliphatic carbocycles. The molecule has 2 N–H and O–H groups in total. The van der Waals surface area contributed by atoms with Gasteiger partial charge in [-0.25, -0.2) is 15.4 Å². The van der Waals surface area contributed by atoms with Crippen molar-refractivity contribution in [2.24, 2.45) is 11.0 Å². The average molecular weight is 274 g/mol. The van der Waals surface area contributed by atoms with Crippen molar-refractivity contribution in [1.29, 1.82) is 0 Å². The van der Waals surface area contributed by atoms with Gasteiger partial charge < -0.3 is 5.11 Å². The van der Waals surface area contributed by atoms with Gasteiger partial charge >= 0.3 is 0 Å². The second-order valence-electron chi connectivity index (χ2n) is 5.14. The molecule has 1 atom stereocenters. The van der Waals surface area contributed by atoms with Crippen molar-refractivity contribution in [3.63, 3.8) is 0 Å². The maximum atomic E-state index is 11.8. The molecular formula is C14H18N4O2. The Kier molecular flexibility index (Phi) is 4.12. The molecule has 6 nitrogen and oxygen atoms in total. The van der Waals surface area contributed by atoms with Gasteiger partial charge in [-0.3, -0.25) is 4.79 Å². The van der Waals surface area contributed by atoms with Gasteiger partial charge in [0.1, 0.15) is 5.76 Å². The maximum Gasteiger partial charge on any atom is 0.243 e. The van der Waals surface area contributed by atoms with E-state index in [0.29, 0.717) is 18.8 Å². The van der Waals surface area contributed by atoms with E-state index in [9.17, 15) is 9.90 Å². The number of anilines is 1. The fraction of sp³-hybridized carbons (Fsp3) is 0.429. The van der Waals surface area contributed by atoms with Crippen LogP contribution in [-0.2, 0) is 4.79 Å². The molecule has 106 valence electrons. The van der Waals surface area contributed by atoms with E-state index in [2.05, 4.69) is 20.5 Å². The number of carbonyl (C=O) groups excluding carboxylic acids is 1. The van der Waals surface area contributed by atoms with Gasteiger partial charge in [0.15, 0.2) is 5.78 Å². The molecule has 0 aliphatic heterocycles. The van der Waals surface area contributed by atoms with Gasteiger partial charge in [-0.15, -0.1) is 0 Å². The van der Waals surface area contributed by atoms with Crippen molar-refractivity contribution in [2.75, 3.05) is 5.43 Å². The summed E-state index contributed by atoms with van der Waals surface area (Å²) in [6, 6.07) is 1.86. The quantitative estimate of drug-likeness (QED) is 0.652. The summed E-state index contributed by atoms with van der Waals surface area (Å²) in [7, 11) is 0. The number of Topliss-reactive ketones (excluding diaryl/α,β-unsaturated/α-hetero) is 1. The van der Waals surface area contributed by atoms with Crippen molar-refractivity contribution in [3.8, 4) is 0 Å². The molecule has 0 spiro atoms. The Labute approximate surface area is 117 Å². The Hall–Kier alpha value is -2.24. The van der Waals surface area contributed by atoms with E-state index in [0.717, 1.165) is 11.4 Å². The van der Waals surface area contributed by atoms with Crippen LogP contribution in [0.25, 0.3) is 0 Å². The number of ketones is 1. The highest BCUT2D eigenvalue weighted by atomic mass is 16.3. The molecule has 0 saturated carbocycles. The van der Waals surface area contributed by atoms with Crippen molar-refractivity contribution in [1.82, 2.24) is 9.97 Å². The monoisotopic (exact) mass is 274 g/mol. The predicted molar refractivity (Wildman–Crippen MR) is 76.7 cm³/mol. The molecule has 0 radical (unpaired) electrons. The summed E-state index contributed by atoms with van der Waals surface area (Å²) in [4.78, 5) is 20.1. The fourth-order valence-electron chi connectivity index (χ4n) is 2.18. The minimum atomic E-state index is -0.0897. The van der Waals surface area contributed by atoms with E-state index in [-0.39, 0.29) is 23.0 Å². The molecule has 2 rings (SSSR count). The Bertz CT molecular complexity index is 573. The van der Waals surface area contributed by atoms with Crippen LogP contribution >= 0.6 is 0 Å².